The van der Waals surface area contributed by atoms with Gasteiger partial charge in [-0.25, -0.2) is 4.21 Å². The molecular formula is C16H21BrO4S. The van der Waals surface area contributed by atoms with Crippen LogP contribution in [0.5, 0.6) is 0 Å². The monoisotopic (exact) mass is 388 g/mol. The Kier molecular flexibility index (Phi) is 6.59. The van der Waals surface area contributed by atoms with Gasteiger partial charge < -0.3 is 9.29 Å². The highest BCUT2D eigenvalue weighted by atomic mass is 79.9. The van der Waals surface area contributed by atoms with Gasteiger partial charge in [-0.15, -0.1) is 0 Å². The highest BCUT2D eigenvalue weighted by molar-refractivity contribution is 9.10. The van der Waals surface area contributed by atoms with Crippen molar-refractivity contribution >= 4 is 33.0 Å². The number of halogens is 1. The summed E-state index contributed by atoms with van der Waals surface area (Å²) in [6.45, 7) is 2.28. The topological polar surface area (TPSA) is 63.6 Å². The molecular weight excluding hydrogens is 368 g/mol. The Morgan fingerprint density at radius 2 is 2.23 bits per heavy atom. The molecule has 22 heavy (non-hydrogen) atoms. The zero-order chi connectivity index (χ0) is 16.1. The van der Waals surface area contributed by atoms with Gasteiger partial charge >= 0.3 is 5.97 Å². The molecule has 1 aromatic rings. The van der Waals surface area contributed by atoms with Crippen molar-refractivity contribution < 1.29 is 18.3 Å². The molecule has 0 heterocycles. The number of esters is 1. The van der Waals surface area contributed by atoms with Gasteiger partial charge in [-0.1, -0.05) is 41.4 Å². The minimum absolute atomic E-state index is 0.128. The van der Waals surface area contributed by atoms with Gasteiger partial charge in [-0.05, 0) is 41.9 Å². The Morgan fingerprint density at radius 3 is 2.86 bits per heavy atom. The third-order valence-electron chi connectivity index (χ3n) is 4.19. The Labute approximate surface area is 142 Å². The van der Waals surface area contributed by atoms with Crippen molar-refractivity contribution in [1.82, 2.24) is 0 Å². The molecule has 3 atom stereocenters. The molecule has 1 N–H and O–H groups in total. The van der Waals surface area contributed by atoms with Gasteiger partial charge in [-0.2, -0.15) is 0 Å². The van der Waals surface area contributed by atoms with Crippen LogP contribution >= 0.6 is 15.9 Å². The first-order valence-corrected chi connectivity index (χ1v) is 9.59. The van der Waals surface area contributed by atoms with E-state index in [0.717, 1.165) is 29.3 Å². The van der Waals surface area contributed by atoms with Gasteiger partial charge in [0.05, 0.1) is 12.4 Å². The van der Waals surface area contributed by atoms with Gasteiger partial charge in [0, 0.05) is 10.9 Å². The summed E-state index contributed by atoms with van der Waals surface area (Å²) in [4.78, 5) is 11.3. The van der Waals surface area contributed by atoms with Crippen LogP contribution in [0.3, 0.4) is 0 Å². The predicted molar refractivity (Wildman–Crippen MR) is 89.9 cm³/mol. The van der Waals surface area contributed by atoms with Crippen LogP contribution in [0.15, 0.2) is 22.7 Å². The van der Waals surface area contributed by atoms with Crippen LogP contribution in [0.4, 0.5) is 0 Å². The molecule has 0 spiro atoms. The van der Waals surface area contributed by atoms with E-state index in [0.29, 0.717) is 24.9 Å². The van der Waals surface area contributed by atoms with Gasteiger partial charge in [-0.3, -0.25) is 4.79 Å². The number of hydrogen-bond donors (Lipinski definition) is 1. The van der Waals surface area contributed by atoms with Crippen LogP contribution in [-0.4, -0.2) is 21.3 Å². The largest absolute Gasteiger partial charge is 0.465 e. The molecule has 0 amide bonds. The molecule has 0 radical (unpaired) electrons. The van der Waals surface area contributed by atoms with E-state index in [1.165, 1.54) is 5.56 Å². The highest BCUT2D eigenvalue weighted by Gasteiger charge is 2.29. The Balaban J connectivity index is 2.07. The lowest BCUT2D eigenvalue weighted by molar-refractivity contribution is -0.144. The van der Waals surface area contributed by atoms with Crippen LogP contribution in [0, 0.1) is 5.92 Å². The van der Waals surface area contributed by atoms with Crippen LogP contribution in [0.25, 0.3) is 0 Å². The Hall–Kier alpha value is -0.720. The average Bonchev–Trinajstić information content (AvgIpc) is 2.94. The molecule has 0 aromatic heterocycles. The maximum Gasteiger partial charge on any atom is 0.305 e. The molecule has 4 nitrogen and oxygen atoms in total. The van der Waals surface area contributed by atoms with Crippen molar-refractivity contribution in [3.8, 4) is 0 Å². The first-order chi connectivity index (χ1) is 10.5. The van der Waals surface area contributed by atoms with Crippen LogP contribution in [0.2, 0.25) is 0 Å². The second-order valence-electron chi connectivity index (χ2n) is 5.65. The SMILES string of the molecule is CCC(=O)OCC1CCCC1c1ccc(CS(=O)O)c(Br)c1. The zero-order valence-corrected chi connectivity index (χ0v) is 15.0. The quantitative estimate of drug-likeness (QED) is 0.590. The van der Waals surface area contributed by atoms with Crippen molar-refractivity contribution in [2.75, 3.05) is 6.61 Å². The Morgan fingerprint density at radius 1 is 1.45 bits per heavy atom. The van der Waals surface area contributed by atoms with Crippen LogP contribution in [0.1, 0.15) is 49.7 Å². The van der Waals surface area contributed by atoms with Crippen molar-refractivity contribution in [1.29, 1.82) is 0 Å². The van der Waals surface area contributed by atoms with Gasteiger partial charge in [0.15, 0.2) is 11.1 Å². The third-order valence-corrected chi connectivity index (χ3v) is 5.49. The van der Waals surface area contributed by atoms with Crippen LogP contribution < -0.4 is 0 Å². The lowest BCUT2D eigenvalue weighted by atomic mass is 9.89. The number of rotatable bonds is 6. The lowest BCUT2D eigenvalue weighted by Crippen LogP contribution is -2.16. The molecule has 3 unspecified atom stereocenters. The van der Waals surface area contributed by atoms with E-state index in [9.17, 15) is 9.00 Å². The molecule has 6 heteroatoms. The van der Waals surface area contributed by atoms with E-state index >= 15 is 0 Å². The van der Waals surface area contributed by atoms with Gasteiger partial charge in [0.1, 0.15) is 0 Å². The molecule has 1 fully saturated rings. The Bertz CT molecular complexity index is 561. The van der Waals surface area contributed by atoms with Crippen molar-refractivity contribution in [2.45, 2.75) is 44.3 Å². The second kappa shape index (κ2) is 8.22. The average molecular weight is 389 g/mol. The highest BCUT2D eigenvalue weighted by Crippen LogP contribution is 2.41. The fourth-order valence-electron chi connectivity index (χ4n) is 3.02. The standard InChI is InChI=1S/C16H21BrO4S/c1-2-16(18)21-9-12-4-3-5-14(12)11-6-7-13(10-22(19)20)15(17)8-11/h6-8,12,14H,2-5,9-10H2,1H3,(H,19,20). The van der Waals surface area contributed by atoms with E-state index in [4.69, 9.17) is 9.29 Å². The molecule has 0 aliphatic heterocycles. The molecule has 1 aromatic carbocycles. The van der Waals surface area contributed by atoms with E-state index in [1.54, 1.807) is 6.92 Å². The summed E-state index contributed by atoms with van der Waals surface area (Å²) in [7, 11) is 0. The summed E-state index contributed by atoms with van der Waals surface area (Å²) in [5, 5.41) is 0. The first kappa shape index (κ1) is 17.6. The van der Waals surface area contributed by atoms with E-state index < -0.39 is 11.1 Å². The molecule has 1 aliphatic rings. The second-order valence-corrected chi connectivity index (χ2v) is 7.44. The molecule has 2 rings (SSSR count). The van der Waals surface area contributed by atoms with Crippen molar-refractivity contribution in [3.63, 3.8) is 0 Å². The lowest BCUT2D eigenvalue weighted by Gasteiger charge is -2.20. The van der Waals surface area contributed by atoms with Crippen molar-refractivity contribution in [2.24, 2.45) is 5.92 Å². The summed E-state index contributed by atoms with van der Waals surface area (Å²) in [6.07, 6.45) is 3.71. The molecule has 1 aliphatic carbocycles. The summed E-state index contributed by atoms with van der Waals surface area (Å²) >= 11 is 1.65. The van der Waals surface area contributed by atoms with Gasteiger partial charge in [0.2, 0.25) is 0 Å². The smallest absolute Gasteiger partial charge is 0.305 e. The molecule has 122 valence electrons. The zero-order valence-electron chi connectivity index (χ0n) is 12.6. The van der Waals surface area contributed by atoms with E-state index in [1.807, 2.05) is 18.2 Å². The number of ether oxygens (including phenoxy) is 1. The van der Waals surface area contributed by atoms with Crippen LogP contribution in [-0.2, 0) is 26.4 Å². The summed E-state index contributed by atoms with van der Waals surface area (Å²) in [5.41, 5.74) is 2.03. The van der Waals surface area contributed by atoms with Gasteiger partial charge in [0.25, 0.3) is 0 Å². The maximum absolute atomic E-state index is 11.3. The number of carbonyl (C=O) groups is 1. The fourth-order valence-corrected chi connectivity index (χ4v) is 4.26. The van der Waals surface area contributed by atoms with Crippen molar-refractivity contribution in [3.05, 3.63) is 33.8 Å². The minimum atomic E-state index is -1.84. The first-order valence-electron chi connectivity index (χ1n) is 7.52. The summed E-state index contributed by atoms with van der Waals surface area (Å²) in [5.74, 6) is 0.728. The minimum Gasteiger partial charge on any atom is -0.465 e. The fraction of sp³-hybridized carbons (Fsp3) is 0.562. The number of carbonyl (C=O) groups excluding carboxylic acids is 1. The summed E-state index contributed by atoms with van der Waals surface area (Å²) < 4.78 is 26.1. The molecule has 0 bridgehead atoms. The molecule has 1 saturated carbocycles. The normalized spacial score (nSPS) is 22.5. The van der Waals surface area contributed by atoms with E-state index in [2.05, 4.69) is 15.9 Å². The van der Waals surface area contributed by atoms with E-state index in [-0.39, 0.29) is 11.7 Å². The predicted octanol–water partition coefficient (Wildman–Crippen LogP) is 4.01. The number of benzene rings is 1. The maximum atomic E-state index is 11.3. The third kappa shape index (κ3) is 4.64. The summed E-state index contributed by atoms with van der Waals surface area (Å²) in [6, 6.07) is 5.96. The number of hydrogen-bond acceptors (Lipinski definition) is 3. The molecule has 0 saturated heterocycles.